The van der Waals surface area contributed by atoms with Crippen molar-refractivity contribution in [1.29, 1.82) is 0 Å². The molecule has 1 amide bonds. The Labute approximate surface area is 152 Å². The SMILES string of the molecule is CC(C)[C@@H](NS(=O)(=O)c1cccc(C(F)(F)F)c1)C(=O)Nc1nccs1. The Bertz CT molecular complexity index is 866. The van der Waals surface area contributed by atoms with Gasteiger partial charge in [-0.05, 0) is 24.1 Å². The van der Waals surface area contributed by atoms with E-state index in [9.17, 15) is 26.4 Å². The number of hydrogen-bond acceptors (Lipinski definition) is 5. The van der Waals surface area contributed by atoms with E-state index >= 15 is 0 Å². The topological polar surface area (TPSA) is 88.2 Å². The fraction of sp³-hybridized carbons (Fsp3) is 0.333. The maximum atomic E-state index is 12.8. The van der Waals surface area contributed by atoms with Crippen LogP contribution in [0.15, 0.2) is 40.7 Å². The van der Waals surface area contributed by atoms with Gasteiger partial charge in [0, 0.05) is 11.6 Å². The summed E-state index contributed by atoms with van der Waals surface area (Å²) in [5.41, 5.74) is -1.09. The highest BCUT2D eigenvalue weighted by Gasteiger charge is 2.33. The molecule has 1 aromatic carbocycles. The quantitative estimate of drug-likeness (QED) is 0.770. The highest BCUT2D eigenvalue weighted by molar-refractivity contribution is 7.89. The zero-order chi connectivity index (χ0) is 19.5. The maximum absolute atomic E-state index is 12.8. The second kappa shape index (κ2) is 7.72. The fourth-order valence-corrected chi connectivity index (χ4v) is 3.96. The molecule has 1 atom stereocenters. The van der Waals surface area contributed by atoms with Gasteiger partial charge >= 0.3 is 6.18 Å². The largest absolute Gasteiger partial charge is 0.416 e. The Morgan fingerprint density at radius 2 is 1.96 bits per heavy atom. The second-order valence-electron chi connectivity index (χ2n) is 5.70. The van der Waals surface area contributed by atoms with Crippen LogP contribution in [0, 0.1) is 5.92 Å². The first-order chi connectivity index (χ1) is 12.0. The van der Waals surface area contributed by atoms with Crippen LogP contribution in [0.5, 0.6) is 0 Å². The van der Waals surface area contributed by atoms with Crippen molar-refractivity contribution in [2.24, 2.45) is 5.92 Å². The highest BCUT2D eigenvalue weighted by atomic mass is 32.2. The fourth-order valence-electron chi connectivity index (χ4n) is 2.04. The number of thiazole rings is 1. The Balaban J connectivity index is 2.25. The molecule has 0 aliphatic heterocycles. The third-order valence-corrected chi connectivity index (χ3v) is 5.49. The summed E-state index contributed by atoms with van der Waals surface area (Å²) in [5.74, 6) is -1.10. The molecule has 11 heteroatoms. The molecule has 1 aromatic heterocycles. The van der Waals surface area contributed by atoms with Crippen molar-refractivity contribution >= 4 is 32.4 Å². The molecule has 26 heavy (non-hydrogen) atoms. The highest BCUT2D eigenvalue weighted by Crippen LogP contribution is 2.30. The summed E-state index contributed by atoms with van der Waals surface area (Å²) in [6, 6.07) is 2.15. The molecule has 2 rings (SSSR count). The normalized spacial score (nSPS) is 13.6. The number of amides is 1. The number of nitrogens with one attached hydrogen (secondary N) is 2. The van der Waals surface area contributed by atoms with E-state index in [2.05, 4.69) is 15.0 Å². The lowest BCUT2D eigenvalue weighted by Crippen LogP contribution is -2.47. The van der Waals surface area contributed by atoms with Crippen LogP contribution in [0.2, 0.25) is 0 Å². The van der Waals surface area contributed by atoms with E-state index in [4.69, 9.17) is 0 Å². The number of halogens is 3. The first-order valence-electron chi connectivity index (χ1n) is 7.40. The molecule has 0 spiro atoms. The first-order valence-corrected chi connectivity index (χ1v) is 9.77. The van der Waals surface area contributed by atoms with Crippen LogP contribution in [0.25, 0.3) is 0 Å². The summed E-state index contributed by atoms with van der Waals surface area (Å²) in [4.78, 5) is 15.6. The summed E-state index contributed by atoms with van der Waals surface area (Å²) in [5, 5.41) is 4.40. The molecule has 1 heterocycles. The first kappa shape index (κ1) is 20.3. The van der Waals surface area contributed by atoms with Gasteiger partial charge in [0.1, 0.15) is 6.04 Å². The lowest BCUT2D eigenvalue weighted by Gasteiger charge is -2.21. The van der Waals surface area contributed by atoms with Gasteiger partial charge in [-0.15, -0.1) is 11.3 Å². The molecule has 0 saturated heterocycles. The van der Waals surface area contributed by atoms with E-state index in [0.29, 0.717) is 11.2 Å². The number of hydrogen-bond donors (Lipinski definition) is 2. The number of sulfonamides is 1. The van der Waals surface area contributed by atoms with Crippen molar-refractivity contribution in [3.8, 4) is 0 Å². The lowest BCUT2D eigenvalue weighted by molar-refractivity contribution is -0.137. The molecule has 0 aliphatic carbocycles. The minimum atomic E-state index is -4.68. The van der Waals surface area contributed by atoms with Gasteiger partial charge < -0.3 is 5.32 Å². The van der Waals surface area contributed by atoms with Crippen LogP contribution < -0.4 is 10.0 Å². The van der Waals surface area contributed by atoms with E-state index < -0.39 is 44.5 Å². The average Bonchev–Trinajstić information content (AvgIpc) is 3.04. The van der Waals surface area contributed by atoms with Gasteiger partial charge in [0.25, 0.3) is 0 Å². The van der Waals surface area contributed by atoms with Gasteiger partial charge in [0.15, 0.2) is 5.13 Å². The minimum absolute atomic E-state index is 0.291. The van der Waals surface area contributed by atoms with Crippen LogP contribution in [-0.2, 0) is 21.0 Å². The Hall–Kier alpha value is -1.98. The van der Waals surface area contributed by atoms with Crippen molar-refractivity contribution in [3.05, 3.63) is 41.4 Å². The molecule has 0 unspecified atom stereocenters. The zero-order valence-electron chi connectivity index (χ0n) is 13.7. The lowest BCUT2D eigenvalue weighted by atomic mass is 10.1. The zero-order valence-corrected chi connectivity index (χ0v) is 15.4. The number of nitrogens with zero attached hydrogens (tertiary/aromatic N) is 1. The number of carbonyl (C=O) groups excluding carboxylic acids is 1. The van der Waals surface area contributed by atoms with Crippen LogP contribution in [0.3, 0.4) is 0 Å². The Morgan fingerprint density at radius 3 is 2.50 bits per heavy atom. The molecule has 0 fully saturated rings. The molecule has 6 nitrogen and oxygen atoms in total. The summed E-state index contributed by atoms with van der Waals surface area (Å²) in [6.07, 6.45) is -3.21. The van der Waals surface area contributed by atoms with Crippen molar-refractivity contribution in [2.75, 3.05) is 5.32 Å². The molecule has 0 radical (unpaired) electrons. The van der Waals surface area contributed by atoms with Gasteiger partial charge in [-0.1, -0.05) is 19.9 Å². The molecule has 0 aliphatic rings. The summed E-state index contributed by atoms with van der Waals surface area (Å²) in [7, 11) is -4.34. The smallest absolute Gasteiger partial charge is 0.301 e. The standard InChI is InChI=1S/C15H16F3N3O3S2/c1-9(2)12(13(22)20-14-19-6-7-25-14)21-26(23,24)11-5-3-4-10(8-11)15(16,17)18/h3-9,12,21H,1-2H3,(H,19,20,22)/t12-/m1/s1. The van der Waals surface area contributed by atoms with Crippen molar-refractivity contribution < 1.29 is 26.4 Å². The number of aromatic nitrogens is 1. The number of anilines is 1. The van der Waals surface area contributed by atoms with Crippen LogP contribution >= 0.6 is 11.3 Å². The molecule has 0 bridgehead atoms. The minimum Gasteiger partial charge on any atom is -0.301 e. The molecule has 2 N–H and O–H groups in total. The third kappa shape index (κ3) is 5.02. The van der Waals surface area contributed by atoms with Crippen molar-refractivity contribution in [3.63, 3.8) is 0 Å². The van der Waals surface area contributed by atoms with E-state index in [0.717, 1.165) is 29.5 Å². The molecular weight excluding hydrogens is 391 g/mol. The van der Waals surface area contributed by atoms with Crippen LogP contribution in [0.1, 0.15) is 19.4 Å². The summed E-state index contributed by atoms with van der Waals surface area (Å²) >= 11 is 1.15. The van der Waals surface area contributed by atoms with Gasteiger partial charge in [0.2, 0.25) is 15.9 Å². The van der Waals surface area contributed by atoms with Gasteiger partial charge in [0.05, 0.1) is 10.5 Å². The van der Waals surface area contributed by atoms with Gasteiger partial charge in [-0.3, -0.25) is 4.79 Å². The summed E-state index contributed by atoms with van der Waals surface area (Å²) in [6.45, 7) is 3.22. The van der Waals surface area contributed by atoms with E-state index in [1.807, 2.05) is 0 Å². The molecule has 142 valence electrons. The third-order valence-electron chi connectivity index (χ3n) is 3.37. The number of rotatable bonds is 6. The number of carbonyl (C=O) groups is 1. The van der Waals surface area contributed by atoms with E-state index in [-0.39, 0.29) is 0 Å². The Morgan fingerprint density at radius 1 is 1.27 bits per heavy atom. The predicted octanol–water partition coefficient (Wildman–Crippen LogP) is 3.10. The van der Waals surface area contributed by atoms with Crippen LogP contribution in [0.4, 0.5) is 18.3 Å². The molecule has 0 saturated carbocycles. The van der Waals surface area contributed by atoms with E-state index in [1.54, 1.807) is 19.2 Å². The van der Waals surface area contributed by atoms with Crippen molar-refractivity contribution in [2.45, 2.75) is 31.0 Å². The van der Waals surface area contributed by atoms with Gasteiger partial charge in [-0.2, -0.15) is 17.9 Å². The Kier molecular flexibility index (Phi) is 6.04. The predicted molar refractivity (Wildman–Crippen MR) is 91.1 cm³/mol. The average molecular weight is 407 g/mol. The summed E-state index contributed by atoms with van der Waals surface area (Å²) < 4.78 is 65.5. The number of benzene rings is 1. The van der Waals surface area contributed by atoms with E-state index in [1.165, 1.54) is 6.20 Å². The molecule has 2 aromatic rings. The molecular formula is C15H16F3N3O3S2. The van der Waals surface area contributed by atoms with Crippen molar-refractivity contribution in [1.82, 2.24) is 9.71 Å². The van der Waals surface area contributed by atoms with Gasteiger partial charge in [-0.25, -0.2) is 13.4 Å². The maximum Gasteiger partial charge on any atom is 0.416 e. The second-order valence-corrected chi connectivity index (χ2v) is 8.30. The van der Waals surface area contributed by atoms with Crippen LogP contribution in [-0.4, -0.2) is 25.4 Å². The monoisotopic (exact) mass is 407 g/mol. The number of alkyl halides is 3.